The molecule has 0 saturated carbocycles. The molecule has 7 nitrogen and oxygen atoms in total. The van der Waals surface area contributed by atoms with Crippen molar-refractivity contribution in [3.63, 3.8) is 0 Å². The Bertz CT molecular complexity index is 934. The molecule has 1 saturated heterocycles. The fourth-order valence-corrected chi connectivity index (χ4v) is 4.08. The molecule has 0 aromatic heterocycles. The summed E-state index contributed by atoms with van der Waals surface area (Å²) in [5.41, 5.74) is 1.15. The summed E-state index contributed by atoms with van der Waals surface area (Å²) < 4.78 is 10.7. The summed E-state index contributed by atoms with van der Waals surface area (Å²) in [5.74, 6) is 1.17. The van der Waals surface area contributed by atoms with Crippen LogP contribution in [0.5, 0.6) is 11.5 Å². The van der Waals surface area contributed by atoms with E-state index in [0.29, 0.717) is 23.6 Å². The number of methoxy groups -OCH3 is 2. The number of nitrogens with zero attached hydrogens (tertiary/aromatic N) is 2. The van der Waals surface area contributed by atoms with E-state index in [1.54, 1.807) is 20.3 Å². The topological polar surface area (TPSA) is 81.9 Å². The predicted octanol–water partition coefficient (Wildman–Crippen LogP) is 4.89. The second-order valence-corrected chi connectivity index (χ2v) is 7.71. The van der Waals surface area contributed by atoms with Crippen LogP contribution in [-0.2, 0) is 6.42 Å². The maximum absolute atomic E-state index is 13.1. The van der Waals surface area contributed by atoms with Crippen LogP contribution in [0, 0.1) is 10.1 Å². The summed E-state index contributed by atoms with van der Waals surface area (Å²) in [6, 6.07) is 10.1. The van der Waals surface area contributed by atoms with Gasteiger partial charge in [-0.1, -0.05) is 17.7 Å². The van der Waals surface area contributed by atoms with Crippen LogP contribution in [0.3, 0.4) is 0 Å². The van der Waals surface area contributed by atoms with Gasteiger partial charge in [-0.15, -0.1) is 0 Å². The van der Waals surface area contributed by atoms with Crippen LogP contribution in [0.4, 0.5) is 5.69 Å². The summed E-state index contributed by atoms with van der Waals surface area (Å²) in [6.45, 7) is 0.645. The molecule has 3 rings (SSSR count). The van der Waals surface area contributed by atoms with Crippen molar-refractivity contribution in [1.82, 2.24) is 4.90 Å². The number of ether oxygens (including phenoxy) is 2. The van der Waals surface area contributed by atoms with Gasteiger partial charge in [0, 0.05) is 24.2 Å². The SMILES string of the molecule is COc1ccc(CCC2CCCCN2C(=O)c2ccc(Cl)c([N+](=O)[O-])c2)cc1OC. The van der Waals surface area contributed by atoms with Gasteiger partial charge in [-0.3, -0.25) is 14.9 Å². The van der Waals surface area contributed by atoms with Crippen LogP contribution >= 0.6 is 11.6 Å². The third-order valence-electron chi connectivity index (χ3n) is 5.49. The van der Waals surface area contributed by atoms with Gasteiger partial charge in [-0.05, 0) is 61.9 Å². The van der Waals surface area contributed by atoms with Crippen molar-refractivity contribution in [3.05, 3.63) is 62.7 Å². The molecule has 0 bridgehead atoms. The molecule has 2 aromatic carbocycles. The van der Waals surface area contributed by atoms with Crippen LogP contribution in [0.25, 0.3) is 0 Å². The van der Waals surface area contributed by atoms with Crippen LogP contribution in [0.15, 0.2) is 36.4 Å². The lowest BCUT2D eigenvalue weighted by molar-refractivity contribution is -0.384. The van der Waals surface area contributed by atoms with E-state index < -0.39 is 4.92 Å². The number of nitro groups is 1. The largest absolute Gasteiger partial charge is 0.493 e. The van der Waals surface area contributed by atoms with Gasteiger partial charge in [0.15, 0.2) is 11.5 Å². The lowest BCUT2D eigenvalue weighted by Gasteiger charge is -2.36. The first-order valence-corrected chi connectivity index (χ1v) is 10.3. The zero-order valence-corrected chi connectivity index (χ0v) is 17.9. The number of hydrogen-bond acceptors (Lipinski definition) is 5. The molecule has 1 fully saturated rings. The Balaban J connectivity index is 1.74. The van der Waals surface area contributed by atoms with Gasteiger partial charge in [0.25, 0.3) is 11.6 Å². The quantitative estimate of drug-likeness (QED) is 0.459. The van der Waals surface area contributed by atoms with Gasteiger partial charge in [-0.25, -0.2) is 0 Å². The van der Waals surface area contributed by atoms with Gasteiger partial charge < -0.3 is 14.4 Å². The Hall–Kier alpha value is -2.80. The molecule has 30 heavy (non-hydrogen) atoms. The number of amides is 1. The summed E-state index contributed by atoms with van der Waals surface area (Å²) in [6.07, 6.45) is 4.48. The Morgan fingerprint density at radius 2 is 1.93 bits per heavy atom. The second kappa shape index (κ2) is 9.80. The highest BCUT2D eigenvalue weighted by atomic mass is 35.5. The highest BCUT2D eigenvalue weighted by Crippen LogP contribution is 2.30. The second-order valence-electron chi connectivity index (χ2n) is 7.30. The molecule has 160 valence electrons. The smallest absolute Gasteiger partial charge is 0.288 e. The van der Waals surface area contributed by atoms with Crippen molar-refractivity contribution in [1.29, 1.82) is 0 Å². The minimum absolute atomic E-state index is 0.0280. The highest BCUT2D eigenvalue weighted by molar-refractivity contribution is 6.32. The zero-order valence-electron chi connectivity index (χ0n) is 17.1. The number of rotatable bonds is 7. The van der Waals surface area contributed by atoms with Crippen LogP contribution < -0.4 is 9.47 Å². The van der Waals surface area contributed by atoms with Crippen LogP contribution in [-0.4, -0.2) is 42.5 Å². The van der Waals surface area contributed by atoms with Gasteiger partial charge in [0.2, 0.25) is 0 Å². The maximum Gasteiger partial charge on any atom is 0.288 e. The predicted molar refractivity (Wildman–Crippen MR) is 115 cm³/mol. The summed E-state index contributed by atoms with van der Waals surface area (Å²) in [4.78, 5) is 25.6. The first kappa shape index (κ1) is 21.9. The van der Waals surface area contributed by atoms with Gasteiger partial charge in [-0.2, -0.15) is 0 Å². The normalized spacial score (nSPS) is 16.2. The first-order chi connectivity index (χ1) is 14.4. The van der Waals surface area contributed by atoms with Crippen molar-refractivity contribution in [2.45, 2.75) is 38.1 Å². The molecule has 1 atom stereocenters. The monoisotopic (exact) mass is 432 g/mol. The molecular weight excluding hydrogens is 408 g/mol. The van der Waals surface area contributed by atoms with E-state index in [-0.39, 0.29) is 22.7 Å². The Morgan fingerprint density at radius 1 is 1.17 bits per heavy atom. The zero-order chi connectivity index (χ0) is 21.7. The first-order valence-electron chi connectivity index (χ1n) is 9.90. The number of aryl methyl sites for hydroxylation is 1. The van der Waals surface area contributed by atoms with Crippen molar-refractivity contribution in [2.24, 2.45) is 0 Å². The van der Waals surface area contributed by atoms with E-state index in [4.69, 9.17) is 21.1 Å². The minimum Gasteiger partial charge on any atom is -0.493 e. The molecule has 2 aromatic rings. The molecule has 1 aliphatic heterocycles. The number of benzene rings is 2. The van der Waals surface area contributed by atoms with E-state index in [9.17, 15) is 14.9 Å². The van der Waals surface area contributed by atoms with Crippen LogP contribution in [0.2, 0.25) is 5.02 Å². The average molecular weight is 433 g/mol. The van der Waals surface area contributed by atoms with E-state index in [1.807, 2.05) is 23.1 Å². The lowest BCUT2D eigenvalue weighted by atomic mass is 9.95. The van der Waals surface area contributed by atoms with Gasteiger partial charge in [0.1, 0.15) is 5.02 Å². The molecule has 1 unspecified atom stereocenters. The Morgan fingerprint density at radius 3 is 2.63 bits per heavy atom. The van der Waals surface area contributed by atoms with Crippen molar-refractivity contribution >= 4 is 23.2 Å². The summed E-state index contributed by atoms with van der Waals surface area (Å²) >= 11 is 5.89. The van der Waals surface area contributed by atoms with E-state index in [0.717, 1.165) is 37.7 Å². The number of carbonyl (C=O) groups excluding carboxylic acids is 1. The molecule has 8 heteroatoms. The van der Waals surface area contributed by atoms with Crippen molar-refractivity contribution < 1.29 is 19.2 Å². The molecule has 0 aliphatic carbocycles. The number of piperidine rings is 1. The number of nitro benzene ring substituents is 1. The molecule has 1 amide bonds. The lowest BCUT2D eigenvalue weighted by Crippen LogP contribution is -2.44. The Labute approximate surface area is 180 Å². The molecule has 0 radical (unpaired) electrons. The van der Waals surface area contributed by atoms with Crippen LogP contribution in [0.1, 0.15) is 41.6 Å². The number of halogens is 1. The molecule has 1 heterocycles. The summed E-state index contributed by atoms with van der Waals surface area (Å²) in [7, 11) is 3.21. The summed E-state index contributed by atoms with van der Waals surface area (Å²) in [5, 5.41) is 11.2. The van der Waals surface area contributed by atoms with Gasteiger partial charge in [0.05, 0.1) is 19.1 Å². The highest BCUT2D eigenvalue weighted by Gasteiger charge is 2.28. The fraction of sp³-hybridized carbons (Fsp3) is 0.409. The molecule has 1 aliphatic rings. The fourth-order valence-electron chi connectivity index (χ4n) is 3.89. The third-order valence-corrected chi connectivity index (χ3v) is 5.81. The minimum atomic E-state index is -0.566. The number of hydrogen-bond donors (Lipinski definition) is 0. The molecule has 0 spiro atoms. The third kappa shape index (κ3) is 4.84. The van der Waals surface area contributed by atoms with E-state index >= 15 is 0 Å². The number of likely N-dealkylation sites (tertiary alicyclic amines) is 1. The van der Waals surface area contributed by atoms with E-state index in [1.165, 1.54) is 12.1 Å². The van der Waals surface area contributed by atoms with Crippen molar-refractivity contribution in [2.75, 3.05) is 20.8 Å². The average Bonchev–Trinajstić information content (AvgIpc) is 2.77. The van der Waals surface area contributed by atoms with Gasteiger partial charge >= 0.3 is 0 Å². The molecule has 0 N–H and O–H groups in total. The Kier molecular flexibility index (Phi) is 7.15. The standard InChI is InChI=1S/C22H25ClN2O5/c1-29-20-11-7-15(13-21(20)30-2)6-9-17-5-3-4-12-24(17)22(26)16-8-10-18(23)19(14-16)25(27)28/h7-8,10-11,13-14,17H,3-6,9,12H2,1-2H3. The van der Waals surface area contributed by atoms with E-state index in [2.05, 4.69) is 0 Å². The molecular formula is C22H25ClN2O5. The number of carbonyl (C=O) groups is 1. The maximum atomic E-state index is 13.1. The van der Waals surface area contributed by atoms with Crippen molar-refractivity contribution in [3.8, 4) is 11.5 Å².